The molecular weight excluding hydrogens is 384 g/mol. The van der Waals surface area contributed by atoms with Crippen LogP contribution in [0.15, 0.2) is 42.6 Å². The minimum absolute atomic E-state index is 0.0142. The molecule has 1 aliphatic heterocycles. The number of carbonyl (C=O) groups excluding carboxylic acids is 1. The Bertz CT molecular complexity index is 1210. The smallest absolute Gasteiger partial charge is 0.264 e. The molecule has 3 aromatic heterocycles. The second-order valence-corrected chi connectivity index (χ2v) is 8.59. The minimum atomic E-state index is -0.0743. The number of aromatic nitrogens is 2. The Hall–Kier alpha value is -2.90. The third-order valence-corrected chi connectivity index (χ3v) is 6.65. The number of aryl methyl sites for hydroxylation is 1. The van der Waals surface area contributed by atoms with E-state index in [2.05, 4.69) is 33.5 Å². The van der Waals surface area contributed by atoms with Gasteiger partial charge in [-0.3, -0.25) is 9.78 Å². The van der Waals surface area contributed by atoms with Crippen molar-refractivity contribution < 1.29 is 9.90 Å². The Kier molecular flexibility index (Phi) is 4.49. The first-order valence-electron chi connectivity index (χ1n) is 9.79. The Labute approximate surface area is 172 Å². The lowest BCUT2D eigenvalue weighted by Gasteiger charge is -2.22. The highest BCUT2D eigenvalue weighted by Gasteiger charge is 2.30. The summed E-state index contributed by atoms with van der Waals surface area (Å²) in [7, 11) is 0. The van der Waals surface area contributed by atoms with E-state index in [1.165, 1.54) is 11.3 Å². The van der Waals surface area contributed by atoms with Gasteiger partial charge in [0.2, 0.25) is 0 Å². The number of aromatic amines is 1. The monoisotopic (exact) mass is 406 g/mol. The number of benzene rings is 1. The second kappa shape index (κ2) is 7.17. The zero-order valence-electron chi connectivity index (χ0n) is 16.1. The number of aliphatic hydroxyl groups is 1. The Morgan fingerprint density at radius 2 is 2.24 bits per heavy atom. The van der Waals surface area contributed by atoms with Gasteiger partial charge in [0.05, 0.1) is 33.4 Å². The molecule has 0 spiro atoms. The van der Waals surface area contributed by atoms with E-state index in [4.69, 9.17) is 0 Å². The van der Waals surface area contributed by atoms with Crippen LogP contribution in [0.5, 0.6) is 0 Å². The zero-order chi connectivity index (χ0) is 20.0. The van der Waals surface area contributed by atoms with Gasteiger partial charge >= 0.3 is 0 Å². The van der Waals surface area contributed by atoms with Crippen LogP contribution in [-0.4, -0.2) is 45.1 Å². The van der Waals surface area contributed by atoms with Crippen LogP contribution in [0.1, 0.15) is 28.2 Å². The molecule has 1 saturated heterocycles. The van der Waals surface area contributed by atoms with Crippen molar-refractivity contribution in [2.45, 2.75) is 25.8 Å². The van der Waals surface area contributed by atoms with Crippen LogP contribution < -0.4 is 5.32 Å². The molecule has 1 aliphatic rings. The van der Waals surface area contributed by atoms with Crippen molar-refractivity contribution in [2.75, 3.05) is 18.5 Å². The Morgan fingerprint density at radius 1 is 1.34 bits per heavy atom. The average Bonchev–Trinajstić information content (AvgIpc) is 3.44. The number of carbonyl (C=O) groups is 1. The van der Waals surface area contributed by atoms with E-state index < -0.39 is 0 Å². The van der Waals surface area contributed by atoms with Gasteiger partial charge in [0.15, 0.2) is 0 Å². The normalized spacial score (nSPS) is 16.8. The van der Waals surface area contributed by atoms with Crippen LogP contribution in [0.25, 0.3) is 21.1 Å². The lowest BCUT2D eigenvalue weighted by Crippen LogP contribution is -2.37. The molecule has 0 saturated carbocycles. The van der Waals surface area contributed by atoms with Gasteiger partial charge in [0.25, 0.3) is 5.91 Å². The standard InChI is InChI=1S/C22H22N4O2S/c1-13-9-14-10-15(4-5-17(14)24-13)25-18-6-7-23-19-11-20(29-21(18)19)22(28)26-8-2-3-16(26)12-27/h4-7,9-11,16,24,27H,2-3,8,12H2,1H3,(H,23,25). The molecule has 1 unspecified atom stereocenters. The van der Waals surface area contributed by atoms with Crippen LogP contribution in [0.2, 0.25) is 0 Å². The molecular formula is C22H22N4O2S. The molecule has 1 atom stereocenters. The summed E-state index contributed by atoms with van der Waals surface area (Å²) in [5, 5.41) is 14.2. The molecule has 29 heavy (non-hydrogen) atoms. The number of amides is 1. The quantitative estimate of drug-likeness (QED) is 0.468. The number of nitrogens with one attached hydrogen (secondary N) is 2. The highest BCUT2D eigenvalue weighted by Crippen LogP contribution is 2.34. The zero-order valence-corrected chi connectivity index (χ0v) is 16.9. The van der Waals surface area contributed by atoms with E-state index in [-0.39, 0.29) is 18.6 Å². The number of rotatable bonds is 4. The molecule has 4 heterocycles. The first-order chi connectivity index (χ1) is 14.1. The summed E-state index contributed by atoms with van der Waals surface area (Å²) in [6.45, 7) is 2.77. The first kappa shape index (κ1) is 18.1. The summed E-state index contributed by atoms with van der Waals surface area (Å²) in [5.74, 6) is -0.0142. The number of pyridine rings is 1. The SMILES string of the molecule is Cc1cc2cc(Nc3ccnc4cc(C(=O)N5CCCC5CO)sc34)ccc2[nH]1. The van der Waals surface area contributed by atoms with Crippen LogP contribution in [0, 0.1) is 6.92 Å². The predicted molar refractivity (Wildman–Crippen MR) is 117 cm³/mol. The molecule has 1 amide bonds. The van der Waals surface area contributed by atoms with E-state index >= 15 is 0 Å². The molecule has 0 radical (unpaired) electrons. The van der Waals surface area contributed by atoms with E-state index in [1.807, 2.05) is 25.1 Å². The Balaban J connectivity index is 1.47. The number of hydrogen-bond donors (Lipinski definition) is 3. The fourth-order valence-electron chi connectivity index (χ4n) is 4.09. The predicted octanol–water partition coefficient (Wildman–Crippen LogP) is 4.43. The summed E-state index contributed by atoms with van der Waals surface area (Å²) >= 11 is 1.45. The number of thiophene rings is 1. The number of H-pyrrole nitrogens is 1. The van der Waals surface area contributed by atoms with Crippen LogP contribution in [0.4, 0.5) is 11.4 Å². The topological polar surface area (TPSA) is 81.2 Å². The van der Waals surface area contributed by atoms with Crippen LogP contribution in [-0.2, 0) is 0 Å². The molecule has 148 valence electrons. The Morgan fingerprint density at radius 3 is 3.10 bits per heavy atom. The van der Waals surface area contributed by atoms with Gasteiger partial charge in [0.1, 0.15) is 0 Å². The van der Waals surface area contributed by atoms with Gasteiger partial charge in [-0.05, 0) is 56.2 Å². The third kappa shape index (κ3) is 3.26. The molecule has 1 aromatic carbocycles. The van der Waals surface area contributed by atoms with Gasteiger partial charge in [-0.2, -0.15) is 0 Å². The summed E-state index contributed by atoms with van der Waals surface area (Å²) in [5.41, 5.74) is 4.98. The van der Waals surface area contributed by atoms with E-state index in [1.54, 1.807) is 11.1 Å². The lowest BCUT2D eigenvalue weighted by molar-refractivity contribution is 0.0682. The van der Waals surface area contributed by atoms with Crippen molar-refractivity contribution in [1.29, 1.82) is 0 Å². The number of hydrogen-bond acceptors (Lipinski definition) is 5. The summed E-state index contributed by atoms with van der Waals surface area (Å²) < 4.78 is 0.959. The van der Waals surface area contributed by atoms with Gasteiger partial charge in [0, 0.05) is 35.0 Å². The molecule has 4 aromatic rings. The fraction of sp³-hybridized carbons (Fsp3) is 0.273. The molecule has 0 bridgehead atoms. The lowest BCUT2D eigenvalue weighted by atomic mass is 10.2. The van der Waals surface area contributed by atoms with Crippen molar-refractivity contribution in [3.63, 3.8) is 0 Å². The number of nitrogens with zero attached hydrogens (tertiary/aromatic N) is 2. The minimum Gasteiger partial charge on any atom is -0.394 e. The molecule has 5 rings (SSSR count). The highest BCUT2D eigenvalue weighted by molar-refractivity contribution is 7.21. The van der Waals surface area contributed by atoms with Crippen LogP contribution >= 0.6 is 11.3 Å². The van der Waals surface area contributed by atoms with Crippen molar-refractivity contribution in [1.82, 2.24) is 14.9 Å². The molecule has 1 fully saturated rings. The number of likely N-dealkylation sites (tertiary alicyclic amines) is 1. The molecule has 7 heteroatoms. The number of anilines is 2. The maximum atomic E-state index is 13.0. The van der Waals surface area contributed by atoms with Gasteiger partial charge in [-0.25, -0.2) is 0 Å². The maximum absolute atomic E-state index is 13.0. The third-order valence-electron chi connectivity index (χ3n) is 5.51. The molecule has 6 nitrogen and oxygen atoms in total. The van der Waals surface area contributed by atoms with Crippen molar-refractivity contribution in [3.05, 3.63) is 53.2 Å². The molecule has 3 N–H and O–H groups in total. The van der Waals surface area contributed by atoms with Gasteiger partial charge in [-0.1, -0.05) is 0 Å². The summed E-state index contributed by atoms with van der Waals surface area (Å²) in [6.07, 6.45) is 3.56. The highest BCUT2D eigenvalue weighted by atomic mass is 32.1. The van der Waals surface area contributed by atoms with Crippen molar-refractivity contribution in [2.24, 2.45) is 0 Å². The number of fused-ring (bicyclic) bond motifs is 2. The van der Waals surface area contributed by atoms with Gasteiger partial charge < -0.3 is 20.3 Å². The average molecular weight is 407 g/mol. The van der Waals surface area contributed by atoms with Crippen LogP contribution in [0.3, 0.4) is 0 Å². The van der Waals surface area contributed by atoms with Crippen molar-refractivity contribution in [3.8, 4) is 0 Å². The maximum Gasteiger partial charge on any atom is 0.264 e. The first-order valence-corrected chi connectivity index (χ1v) is 10.6. The van der Waals surface area contributed by atoms with Crippen molar-refractivity contribution >= 4 is 49.7 Å². The largest absolute Gasteiger partial charge is 0.394 e. The molecule has 0 aliphatic carbocycles. The van der Waals surface area contributed by atoms with Gasteiger partial charge in [-0.15, -0.1) is 11.3 Å². The van der Waals surface area contributed by atoms with E-state index in [9.17, 15) is 9.90 Å². The van der Waals surface area contributed by atoms with E-state index in [0.29, 0.717) is 11.4 Å². The fourth-order valence-corrected chi connectivity index (χ4v) is 5.13. The number of aliphatic hydroxyl groups excluding tert-OH is 1. The second-order valence-electron chi connectivity index (χ2n) is 7.54. The summed E-state index contributed by atoms with van der Waals surface area (Å²) in [4.78, 5) is 23.2. The summed E-state index contributed by atoms with van der Waals surface area (Å²) in [6, 6.07) is 12.1. The van der Waals surface area contributed by atoms with E-state index in [0.717, 1.165) is 51.0 Å².